The van der Waals surface area contributed by atoms with Gasteiger partial charge in [-0.15, -0.1) is 0 Å². The highest BCUT2D eigenvalue weighted by Gasteiger charge is 2.28. The van der Waals surface area contributed by atoms with Crippen LogP contribution in [0, 0.1) is 11.3 Å². The van der Waals surface area contributed by atoms with Crippen molar-refractivity contribution in [2.24, 2.45) is 0 Å². The number of aromatic nitrogens is 1. The summed E-state index contributed by atoms with van der Waals surface area (Å²) in [6.45, 7) is 0. The second kappa shape index (κ2) is 6.48. The van der Waals surface area contributed by atoms with Crippen LogP contribution >= 0.6 is 0 Å². The molecule has 1 aromatic carbocycles. The van der Waals surface area contributed by atoms with E-state index in [1.165, 1.54) is 0 Å². The van der Waals surface area contributed by atoms with Gasteiger partial charge in [-0.3, -0.25) is 9.78 Å². The second-order valence-corrected chi connectivity index (χ2v) is 4.48. The topological polar surface area (TPSA) is 74.0 Å². The Morgan fingerprint density at radius 2 is 1.90 bits per heavy atom. The fourth-order valence-corrected chi connectivity index (χ4v) is 2.23. The van der Waals surface area contributed by atoms with Gasteiger partial charge in [-0.25, -0.2) is 0 Å². The molecule has 20 heavy (non-hydrogen) atoms. The van der Waals surface area contributed by atoms with Gasteiger partial charge < -0.3 is 5.11 Å². The average Bonchev–Trinajstić information content (AvgIpc) is 2.49. The second-order valence-electron chi connectivity index (χ2n) is 4.48. The minimum Gasteiger partial charge on any atom is -0.481 e. The number of hydrogen-bond donors (Lipinski definition) is 1. The van der Waals surface area contributed by atoms with E-state index < -0.39 is 17.8 Å². The molecule has 0 amide bonds. The lowest BCUT2D eigenvalue weighted by atomic mass is 9.82. The molecule has 2 rings (SSSR count). The number of carboxylic acid groups (broad SMARTS) is 1. The molecular weight excluding hydrogens is 252 g/mol. The number of pyridine rings is 1. The summed E-state index contributed by atoms with van der Waals surface area (Å²) in [5, 5.41) is 18.6. The summed E-state index contributed by atoms with van der Waals surface area (Å²) in [4.78, 5) is 15.3. The molecule has 0 aliphatic carbocycles. The highest BCUT2D eigenvalue weighted by molar-refractivity contribution is 5.68. The summed E-state index contributed by atoms with van der Waals surface area (Å²) in [7, 11) is 0. The predicted octanol–water partition coefficient (Wildman–Crippen LogP) is 2.95. The maximum absolute atomic E-state index is 11.1. The normalized spacial score (nSPS) is 13.2. The van der Waals surface area contributed by atoms with E-state index in [4.69, 9.17) is 5.11 Å². The van der Waals surface area contributed by atoms with Crippen LogP contribution in [0.1, 0.15) is 29.5 Å². The van der Waals surface area contributed by atoms with Gasteiger partial charge in [-0.05, 0) is 17.7 Å². The van der Waals surface area contributed by atoms with Crippen LogP contribution in [-0.4, -0.2) is 16.1 Å². The van der Waals surface area contributed by atoms with Gasteiger partial charge in [0.05, 0.1) is 18.4 Å². The predicted molar refractivity (Wildman–Crippen MR) is 74.0 cm³/mol. The Morgan fingerprint density at radius 3 is 2.45 bits per heavy atom. The Labute approximate surface area is 117 Å². The molecule has 2 unspecified atom stereocenters. The van der Waals surface area contributed by atoms with E-state index in [0.29, 0.717) is 5.69 Å². The lowest BCUT2D eigenvalue weighted by Crippen LogP contribution is -2.15. The van der Waals surface area contributed by atoms with E-state index in [1.54, 1.807) is 24.4 Å². The molecule has 0 fully saturated rings. The molecule has 2 atom stereocenters. The van der Waals surface area contributed by atoms with Crippen LogP contribution in [0.15, 0.2) is 54.7 Å². The largest absolute Gasteiger partial charge is 0.481 e. The van der Waals surface area contributed by atoms with Gasteiger partial charge in [0.15, 0.2) is 0 Å². The Hall–Kier alpha value is -2.67. The number of carboxylic acids is 1. The van der Waals surface area contributed by atoms with Gasteiger partial charge >= 0.3 is 5.97 Å². The van der Waals surface area contributed by atoms with Gasteiger partial charge in [-0.2, -0.15) is 5.26 Å². The Bertz CT molecular complexity index is 605. The Kier molecular flexibility index (Phi) is 4.46. The maximum Gasteiger partial charge on any atom is 0.304 e. The van der Waals surface area contributed by atoms with Crippen LogP contribution in [0.3, 0.4) is 0 Å². The van der Waals surface area contributed by atoms with Crippen molar-refractivity contribution < 1.29 is 9.90 Å². The van der Waals surface area contributed by atoms with E-state index in [0.717, 1.165) is 5.56 Å². The number of aliphatic carboxylic acids is 1. The highest BCUT2D eigenvalue weighted by Crippen LogP contribution is 2.34. The third-order valence-corrected chi connectivity index (χ3v) is 3.16. The number of hydrogen-bond acceptors (Lipinski definition) is 3. The van der Waals surface area contributed by atoms with Gasteiger partial charge in [0.1, 0.15) is 0 Å². The van der Waals surface area contributed by atoms with Gasteiger partial charge in [-0.1, -0.05) is 36.4 Å². The van der Waals surface area contributed by atoms with Crippen molar-refractivity contribution in [2.45, 2.75) is 18.3 Å². The summed E-state index contributed by atoms with van der Waals surface area (Å²) in [6, 6.07) is 16.8. The van der Waals surface area contributed by atoms with E-state index in [-0.39, 0.29) is 6.42 Å². The number of carbonyl (C=O) groups is 1. The Morgan fingerprint density at radius 1 is 1.20 bits per heavy atom. The first-order valence-corrected chi connectivity index (χ1v) is 6.29. The molecule has 1 aromatic heterocycles. The molecule has 4 nitrogen and oxygen atoms in total. The fraction of sp³-hybridized carbons (Fsp3) is 0.188. The third-order valence-electron chi connectivity index (χ3n) is 3.16. The molecule has 0 radical (unpaired) electrons. The first kappa shape index (κ1) is 13.8. The van der Waals surface area contributed by atoms with Crippen LogP contribution < -0.4 is 0 Å². The Balaban J connectivity index is 2.40. The van der Waals surface area contributed by atoms with Crippen molar-refractivity contribution in [3.63, 3.8) is 0 Å². The van der Waals surface area contributed by atoms with Crippen molar-refractivity contribution in [1.29, 1.82) is 5.26 Å². The molecule has 0 bridgehead atoms. The maximum atomic E-state index is 11.1. The number of benzene rings is 1. The molecule has 4 heteroatoms. The summed E-state index contributed by atoms with van der Waals surface area (Å²) in [5.74, 6) is -1.92. The molecule has 0 spiro atoms. The summed E-state index contributed by atoms with van der Waals surface area (Å²) in [5.41, 5.74) is 1.44. The standard InChI is InChI=1S/C16H14N2O2/c17-11-14(12-6-2-1-3-7-12)13(10-16(19)20)15-8-4-5-9-18-15/h1-9,13-14H,10H2,(H,19,20). The first-order chi connectivity index (χ1) is 9.72. The molecule has 0 saturated carbocycles. The SMILES string of the molecule is N#CC(c1ccccc1)C(CC(=O)O)c1ccccn1. The molecule has 1 heterocycles. The smallest absolute Gasteiger partial charge is 0.304 e. The average molecular weight is 266 g/mol. The highest BCUT2D eigenvalue weighted by atomic mass is 16.4. The van der Waals surface area contributed by atoms with E-state index in [2.05, 4.69) is 11.1 Å². The minimum absolute atomic E-state index is 0.121. The minimum atomic E-state index is -0.933. The van der Waals surface area contributed by atoms with Crippen LogP contribution in [0.5, 0.6) is 0 Å². The van der Waals surface area contributed by atoms with Crippen LogP contribution in [0.4, 0.5) is 0 Å². The lowest BCUT2D eigenvalue weighted by molar-refractivity contribution is -0.137. The number of nitrogens with zero attached hydrogens (tertiary/aromatic N) is 2. The van der Waals surface area contributed by atoms with E-state index in [9.17, 15) is 10.1 Å². The van der Waals surface area contributed by atoms with E-state index in [1.807, 2.05) is 30.3 Å². The number of nitriles is 1. The van der Waals surface area contributed by atoms with Gasteiger partial charge in [0.25, 0.3) is 0 Å². The molecule has 0 aliphatic rings. The van der Waals surface area contributed by atoms with Crippen molar-refractivity contribution in [2.75, 3.05) is 0 Å². The van der Waals surface area contributed by atoms with Crippen LogP contribution in [0.2, 0.25) is 0 Å². The molecule has 100 valence electrons. The quantitative estimate of drug-likeness (QED) is 0.902. The van der Waals surface area contributed by atoms with Crippen molar-refractivity contribution in [3.8, 4) is 6.07 Å². The van der Waals surface area contributed by atoms with Crippen LogP contribution in [0.25, 0.3) is 0 Å². The van der Waals surface area contributed by atoms with Gasteiger partial charge in [0.2, 0.25) is 0 Å². The summed E-state index contributed by atoms with van der Waals surface area (Å²) < 4.78 is 0. The zero-order valence-corrected chi connectivity index (χ0v) is 10.8. The zero-order chi connectivity index (χ0) is 14.4. The van der Waals surface area contributed by atoms with Crippen LogP contribution in [-0.2, 0) is 4.79 Å². The number of rotatable bonds is 5. The third kappa shape index (κ3) is 3.21. The van der Waals surface area contributed by atoms with Crippen molar-refractivity contribution in [1.82, 2.24) is 4.98 Å². The monoisotopic (exact) mass is 266 g/mol. The summed E-state index contributed by atoms with van der Waals surface area (Å²) >= 11 is 0. The van der Waals surface area contributed by atoms with Crippen molar-refractivity contribution >= 4 is 5.97 Å². The fourth-order valence-electron chi connectivity index (χ4n) is 2.23. The summed E-state index contributed by atoms with van der Waals surface area (Å²) in [6.07, 6.45) is 1.49. The molecule has 0 saturated heterocycles. The van der Waals surface area contributed by atoms with Crippen molar-refractivity contribution in [3.05, 3.63) is 66.0 Å². The molecule has 1 N–H and O–H groups in total. The zero-order valence-electron chi connectivity index (χ0n) is 10.8. The first-order valence-electron chi connectivity index (χ1n) is 6.29. The molecular formula is C16H14N2O2. The van der Waals surface area contributed by atoms with Gasteiger partial charge in [0, 0.05) is 17.8 Å². The molecule has 0 aliphatic heterocycles. The van der Waals surface area contributed by atoms with E-state index >= 15 is 0 Å². The molecule has 2 aromatic rings. The lowest BCUT2D eigenvalue weighted by Gasteiger charge is -2.20.